The molecule has 0 unspecified atom stereocenters. The Morgan fingerprint density at radius 3 is 2.67 bits per heavy atom. The van der Waals surface area contributed by atoms with Gasteiger partial charge in [-0.15, -0.1) is 0 Å². The predicted octanol–water partition coefficient (Wildman–Crippen LogP) is 2.32. The van der Waals surface area contributed by atoms with Gasteiger partial charge >= 0.3 is 0 Å². The minimum absolute atomic E-state index is 0.0552. The zero-order valence-corrected chi connectivity index (χ0v) is 11.5. The van der Waals surface area contributed by atoms with Gasteiger partial charge in [0.05, 0.1) is 4.92 Å². The van der Waals surface area contributed by atoms with Crippen molar-refractivity contribution in [3.63, 3.8) is 0 Å². The molecule has 1 aliphatic heterocycles. The van der Waals surface area contributed by atoms with Crippen LogP contribution in [0.2, 0.25) is 0 Å². The van der Waals surface area contributed by atoms with Crippen LogP contribution in [0.3, 0.4) is 0 Å². The number of rotatable bonds is 2. The molecule has 1 aliphatic rings. The summed E-state index contributed by atoms with van der Waals surface area (Å²) in [5.74, 6) is 0. The van der Waals surface area contributed by atoms with Crippen LogP contribution in [0.4, 0.5) is 22.7 Å². The average molecular weight is 284 g/mol. The van der Waals surface area contributed by atoms with Crippen LogP contribution in [0.15, 0.2) is 36.4 Å². The van der Waals surface area contributed by atoms with E-state index in [-0.39, 0.29) is 11.4 Å². The number of nitrogens with two attached hydrogens (primary N) is 2. The van der Waals surface area contributed by atoms with E-state index in [4.69, 9.17) is 11.5 Å². The third kappa shape index (κ3) is 2.35. The first-order valence-electron chi connectivity index (χ1n) is 6.71. The zero-order chi connectivity index (χ0) is 15.0. The molecule has 2 aromatic carbocycles. The van der Waals surface area contributed by atoms with Crippen molar-refractivity contribution < 1.29 is 4.92 Å². The maximum absolute atomic E-state index is 10.8. The molecule has 0 radical (unpaired) electrons. The molecule has 0 bridgehead atoms. The second-order valence-electron chi connectivity index (χ2n) is 5.16. The fourth-order valence-electron chi connectivity index (χ4n) is 2.76. The van der Waals surface area contributed by atoms with Crippen molar-refractivity contribution >= 4 is 22.7 Å². The third-order valence-electron chi connectivity index (χ3n) is 3.88. The second kappa shape index (κ2) is 4.97. The number of nitro benzene ring substituents is 1. The molecule has 4 N–H and O–H groups in total. The number of nitro groups is 1. The molecule has 0 saturated carbocycles. The molecule has 0 spiro atoms. The van der Waals surface area contributed by atoms with Gasteiger partial charge in [0.1, 0.15) is 5.69 Å². The van der Waals surface area contributed by atoms with E-state index < -0.39 is 4.92 Å². The lowest BCUT2D eigenvalue weighted by atomic mass is 9.97. The van der Waals surface area contributed by atoms with Crippen LogP contribution in [0, 0.1) is 10.1 Å². The third-order valence-corrected chi connectivity index (χ3v) is 3.88. The minimum atomic E-state index is -0.467. The van der Waals surface area contributed by atoms with Crippen LogP contribution < -0.4 is 16.4 Å². The molecule has 1 heterocycles. The van der Waals surface area contributed by atoms with Crippen LogP contribution in [0.1, 0.15) is 11.1 Å². The largest absolute Gasteiger partial charge is 0.398 e. The number of hydrogen-bond donors (Lipinski definition) is 2. The summed E-state index contributed by atoms with van der Waals surface area (Å²) in [4.78, 5) is 12.5. The summed E-state index contributed by atoms with van der Waals surface area (Å²) in [5.41, 5.74) is 16.0. The monoisotopic (exact) mass is 284 g/mol. The average Bonchev–Trinajstić information content (AvgIpc) is 2.46. The molecule has 108 valence electrons. The lowest BCUT2D eigenvalue weighted by Gasteiger charge is -2.31. The topological polar surface area (TPSA) is 98.4 Å². The van der Waals surface area contributed by atoms with E-state index in [1.54, 1.807) is 12.1 Å². The quantitative estimate of drug-likeness (QED) is 0.501. The lowest BCUT2D eigenvalue weighted by molar-refractivity contribution is -0.383. The molecular weight excluding hydrogens is 268 g/mol. The van der Waals surface area contributed by atoms with E-state index in [2.05, 4.69) is 11.0 Å². The van der Waals surface area contributed by atoms with Gasteiger partial charge in [-0.2, -0.15) is 0 Å². The van der Waals surface area contributed by atoms with Gasteiger partial charge in [0.15, 0.2) is 0 Å². The second-order valence-corrected chi connectivity index (χ2v) is 5.16. The maximum Gasteiger partial charge on any atom is 0.292 e. The summed E-state index contributed by atoms with van der Waals surface area (Å²) in [7, 11) is 0. The number of benzene rings is 2. The van der Waals surface area contributed by atoms with Gasteiger partial charge in [0, 0.05) is 30.5 Å². The maximum atomic E-state index is 10.8. The summed E-state index contributed by atoms with van der Waals surface area (Å²) in [6.45, 7) is 1.55. The Morgan fingerprint density at radius 2 is 1.95 bits per heavy atom. The molecule has 6 heteroatoms. The standard InChI is InChI=1S/C15H16N4O2/c16-13-3-1-2-10-9-18(7-6-12(10)13)11-4-5-15(19(20)21)14(17)8-11/h1-5,8H,6-7,9,16-17H2. The highest BCUT2D eigenvalue weighted by Crippen LogP contribution is 2.31. The molecule has 6 nitrogen and oxygen atoms in total. The van der Waals surface area contributed by atoms with Gasteiger partial charge < -0.3 is 16.4 Å². The van der Waals surface area contributed by atoms with E-state index in [1.807, 2.05) is 12.1 Å². The van der Waals surface area contributed by atoms with Crippen molar-refractivity contribution in [2.24, 2.45) is 0 Å². The molecule has 0 atom stereocenters. The molecule has 0 saturated heterocycles. The Balaban J connectivity index is 1.90. The van der Waals surface area contributed by atoms with Crippen molar-refractivity contribution in [1.29, 1.82) is 0 Å². The van der Waals surface area contributed by atoms with Crippen LogP contribution >= 0.6 is 0 Å². The number of nitrogens with zero attached hydrogens (tertiary/aromatic N) is 2. The molecule has 2 aromatic rings. The van der Waals surface area contributed by atoms with Crippen molar-refractivity contribution in [1.82, 2.24) is 0 Å². The van der Waals surface area contributed by atoms with Crippen LogP contribution in [0.25, 0.3) is 0 Å². The summed E-state index contributed by atoms with van der Waals surface area (Å²) in [6.07, 6.45) is 0.860. The summed E-state index contributed by atoms with van der Waals surface area (Å²) in [6, 6.07) is 10.8. The normalized spacial score (nSPS) is 13.8. The van der Waals surface area contributed by atoms with E-state index in [0.29, 0.717) is 0 Å². The van der Waals surface area contributed by atoms with Gasteiger partial charge in [-0.3, -0.25) is 10.1 Å². The number of anilines is 3. The fourth-order valence-corrected chi connectivity index (χ4v) is 2.76. The number of fused-ring (bicyclic) bond motifs is 1. The summed E-state index contributed by atoms with van der Waals surface area (Å²) < 4.78 is 0. The van der Waals surface area contributed by atoms with Crippen molar-refractivity contribution in [2.75, 3.05) is 22.9 Å². The number of hydrogen-bond acceptors (Lipinski definition) is 5. The molecular formula is C15H16N4O2. The van der Waals surface area contributed by atoms with Gasteiger partial charge in [0.25, 0.3) is 5.69 Å². The van der Waals surface area contributed by atoms with E-state index in [9.17, 15) is 10.1 Å². The Hall–Kier alpha value is -2.76. The molecule has 0 fully saturated rings. The molecule has 0 amide bonds. The molecule has 0 aromatic heterocycles. The van der Waals surface area contributed by atoms with Crippen LogP contribution in [0.5, 0.6) is 0 Å². The fraction of sp³-hybridized carbons (Fsp3) is 0.200. The van der Waals surface area contributed by atoms with Crippen molar-refractivity contribution in [3.8, 4) is 0 Å². The highest BCUT2D eigenvalue weighted by molar-refractivity contribution is 5.67. The highest BCUT2D eigenvalue weighted by atomic mass is 16.6. The van der Waals surface area contributed by atoms with Crippen LogP contribution in [-0.2, 0) is 13.0 Å². The van der Waals surface area contributed by atoms with Gasteiger partial charge in [-0.1, -0.05) is 12.1 Å². The van der Waals surface area contributed by atoms with Gasteiger partial charge in [0.2, 0.25) is 0 Å². The first-order valence-corrected chi connectivity index (χ1v) is 6.71. The summed E-state index contributed by atoms with van der Waals surface area (Å²) >= 11 is 0. The van der Waals surface area contributed by atoms with Crippen LogP contribution in [-0.4, -0.2) is 11.5 Å². The smallest absolute Gasteiger partial charge is 0.292 e. The highest BCUT2D eigenvalue weighted by Gasteiger charge is 2.20. The van der Waals surface area contributed by atoms with E-state index in [0.717, 1.165) is 30.9 Å². The lowest BCUT2D eigenvalue weighted by Crippen LogP contribution is -2.30. The van der Waals surface area contributed by atoms with Gasteiger partial charge in [-0.25, -0.2) is 0 Å². The Labute approximate surface area is 122 Å². The zero-order valence-electron chi connectivity index (χ0n) is 11.5. The Kier molecular flexibility index (Phi) is 3.13. The first kappa shape index (κ1) is 13.2. The van der Waals surface area contributed by atoms with E-state index in [1.165, 1.54) is 17.2 Å². The minimum Gasteiger partial charge on any atom is -0.398 e. The Morgan fingerprint density at radius 1 is 1.14 bits per heavy atom. The van der Waals surface area contributed by atoms with Crippen molar-refractivity contribution in [2.45, 2.75) is 13.0 Å². The first-order chi connectivity index (χ1) is 10.1. The summed E-state index contributed by atoms with van der Waals surface area (Å²) in [5, 5.41) is 10.8. The van der Waals surface area contributed by atoms with Gasteiger partial charge in [-0.05, 0) is 35.7 Å². The predicted molar refractivity (Wildman–Crippen MR) is 83.1 cm³/mol. The molecule has 21 heavy (non-hydrogen) atoms. The van der Waals surface area contributed by atoms with E-state index >= 15 is 0 Å². The van der Waals surface area contributed by atoms with Crippen molar-refractivity contribution in [3.05, 3.63) is 57.6 Å². The molecule has 0 aliphatic carbocycles. The molecule has 3 rings (SSSR count). The SMILES string of the molecule is Nc1cc(N2CCc3c(N)cccc3C2)ccc1[N+](=O)[O-]. The number of nitrogen functional groups attached to an aromatic ring is 2. The Bertz CT molecular complexity index is 715.